The van der Waals surface area contributed by atoms with Gasteiger partial charge in [-0.15, -0.1) is 0 Å². The Morgan fingerprint density at radius 3 is 1.00 bits per heavy atom. The molecule has 0 aliphatic rings. The Kier molecular flexibility index (Phi) is 27.2. The minimum absolute atomic E-state index is 0. The second-order valence-electron chi connectivity index (χ2n) is 32.3. The number of anilines is 6. The lowest BCUT2D eigenvalue weighted by Crippen LogP contribution is -2.10. The Hall–Kier alpha value is -16.0. The van der Waals surface area contributed by atoms with Crippen LogP contribution >= 0.6 is 34.2 Å². The van der Waals surface area contributed by atoms with E-state index in [1.54, 1.807) is 0 Å². The van der Waals surface area contributed by atoms with Gasteiger partial charge in [-0.3, -0.25) is 0 Å². The molecule has 3 nitrogen and oxygen atoms in total. The van der Waals surface area contributed by atoms with Gasteiger partial charge in [0.25, 0.3) is 0 Å². The maximum Gasteiger partial charge on any atom is 0.0540 e. The third-order valence-corrected chi connectivity index (χ3v) is 25.2. The first-order valence-electron chi connectivity index (χ1n) is 44.2. The molecule has 132 heavy (non-hydrogen) atoms. The van der Waals surface area contributed by atoms with E-state index in [4.69, 9.17) is 17.3 Å². The third-order valence-electron chi connectivity index (χ3n) is 24.0. The summed E-state index contributed by atoms with van der Waals surface area (Å²) >= 11 is 8.39. The summed E-state index contributed by atoms with van der Waals surface area (Å²) in [6.07, 6.45) is 0. The maximum atomic E-state index is 6.03. The number of benzene rings is 23. The van der Waals surface area contributed by atoms with E-state index < -0.39 is 0 Å². The van der Waals surface area contributed by atoms with Gasteiger partial charge in [0.15, 0.2) is 0 Å². The molecule has 5 heteroatoms. The molecule has 0 aromatic heterocycles. The van der Waals surface area contributed by atoms with Gasteiger partial charge in [-0.1, -0.05) is 462 Å². The monoisotopic (exact) mass is 1820 g/mol. The van der Waals surface area contributed by atoms with Crippen molar-refractivity contribution in [3.63, 3.8) is 0 Å². The molecule has 0 fully saturated rings. The van der Waals surface area contributed by atoms with Crippen LogP contribution in [0.4, 0.5) is 34.1 Å². The predicted molar refractivity (Wildman–Crippen MR) is 579 cm³/mol. The van der Waals surface area contributed by atoms with E-state index in [0.717, 1.165) is 39.1 Å². The zero-order valence-corrected chi connectivity index (χ0v) is 75.0. The molecule has 632 valence electrons. The van der Waals surface area contributed by atoms with E-state index in [0.29, 0.717) is 0 Å². The lowest BCUT2D eigenvalue weighted by molar-refractivity contribution is 1.30. The van der Waals surface area contributed by atoms with E-state index >= 15 is 0 Å². The second-order valence-corrected chi connectivity index (χ2v) is 33.9. The summed E-state index contributed by atoms with van der Waals surface area (Å²) < 4.78 is 1.32. The Balaban J connectivity index is 0.000000122. The lowest BCUT2D eigenvalue weighted by Gasteiger charge is -2.27. The topological polar surface area (TPSA) is 41.3 Å². The van der Waals surface area contributed by atoms with Gasteiger partial charge < -0.3 is 16.0 Å². The number of nitrogens with two attached hydrogens (primary N) is 1. The average Bonchev–Trinajstić information content (AvgIpc) is 0.763. The SMILES string of the molecule is C.Clc1ccc(-c2ccc(-c3ccccc3)c(-c3ccccc3)c2)cc1.Ic1cccc2ccccc12.Nc1cccc(-c2cccc3ccccc23)c1.c1cc(Nc2cccc3ccccc23)cc(-c2cccc3ccccc23)c1.c1ccc(-c2ccc(-c3ccc(N(c4cccc(-c5cccc6ccccc56)c4)c4cccc5ccccc45)cc3)cc2-c2ccccc2)cc1. The molecule has 0 spiro atoms. The van der Waals surface area contributed by atoms with Crippen molar-refractivity contribution in [2.75, 3.05) is 16.0 Å². The fraction of sp³-hybridized carbons (Fsp3) is 0.00787. The van der Waals surface area contributed by atoms with Gasteiger partial charge >= 0.3 is 0 Å². The van der Waals surface area contributed by atoms with Crippen LogP contribution in [0.25, 0.3) is 165 Å². The zero-order valence-electron chi connectivity index (χ0n) is 72.1. The van der Waals surface area contributed by atoms with Crippen molar-refractivity contribution in [1.29, 1.82) is 0 Å². The standard InChI is InChI=1S/C50H35N.C26H19N.C24H17Cl.C16H13N.C10H7I.CH4/c1-3-14-37(15-4-1)47-33-30-41(35-49(47)40-16-5-2-6-17-40)36-28-31-43(32-29-36)51(50-27-13-21-39-19-8-10-25-48(39)50)44-23-11-22-42(34-44)46-26-12-20-38-18-7-9-24-45(38)46;1-3-14-23-19(8-1)10-6-16-24(23)21-12-5-13-22(18-21)27-26-17-7-11-20-9-2-4-15-25(20)26;25-22-14-11-18(12-15-22)21-13-16-23(19-7-3-1-4-8-19)24(17-21)20-9-5-2-6-10-20;17-14-8-3-7-13(11-14)16-10-4-6-12-5-1-2-9-15(12)16;11-10-7-3-5-8-4-1-2-6-9(8)10;/h1-35H;1-18,27H;1-17H;1-11H,17H2;1-7H;1H4. The van der Waals surface area contributed by atoms with Crippen molar-refractivity contribution in [3.05, 3.63) is 542 Å². The highest BCUT2D eigenvalue weighted by Crippen LogP contribution is 2.45. The second kappa shape index (κ2) is 41.4. The van der Waals surface area contributed by atoms with Crippen molar-refractivity contribution in [3.8, 4) is 100 Å². The first-order chi connectivity index (χ1) is 64.7. The van der Waals surface area contributed by atoms with Crippen molar-refractivity contribution in [2.24, 2.45) is 0 Å². The molecule has 23 aromatic rings. The lowest BCUT2D eigenvalue weighted by atomic mass is 9.91. The van der Waals surface area contributed by atoms with Crippen LogP contribution in [-0.4, -0.2) is 0 Å². The molecule has 23 rings (SSSR count). The number of fused-ring (bicyclic) bond motifs is 6. The van der Waals surface area contributed by atoms with Crippen LogP contribution in [0.15, 0.2) is 534 Å². The highest BCUT2D eigenvalue weighted by molar-refractivity contribution is 14.1. The molecular formula is C127H95ClIN3. The Labute approximate surface area is 792 Å². The number of rotatable bonds is 14. The number of nitrogens with zero attached hydrogens (tertiary/aromatic N) is 1. The fourth-order valence-corrected chi connectivity index (χ4v) is 18.4. The Bertz CT molecular complexity index is 7870. The maximum absolute atomic E-state index is 6.03. The molecule has 0 aliphatic carbocycles. The summed E-state index contributed by atoms with van der Waals surface area (Å²) in [5.41, 5.74) is 34.1. The summed E-state index contributed by atoms with van der Waals surface area (Å²) in [6, 6.07) is 188. The predicted octanol–water partition coefficient (Wildman–Crippen LogP) is 37.0. The molecule has 23 aromatic carbocycles. The first kappa shape index (κ1) is 86.8. The van der Waals surface area contributed by atoms with Gasteiger partial charge in [0.05, 0.1) is 5.69 Å². The summed E-state index contributed by atoms with van der Waals surface area (Å²) in [7, 11) is 0. The molecular weight excluding hydrogens is 1730 g/mol. The van der Waals surface area contributed by atoms with Crippen molar-refractivity contribution in [2.45, 2.75) is 7.43 Å². The van der Waals surface area contributed by atoms with Crippen molar-refractivity contribution >= 4 is 133 Å². The van der Waals surface area contributed by atoms with Gasteiger partial charge in [-0.2, -0.15) is 0 Å². The van der Waals surface area contributed by atoms with Crippen molar-refractivity contribution < 1.29 is 0 Å². The molecule has 0 saturated carbocycles. The molecule has 0 saturated heterocycles. The van der Waals surface area contributed by atoms with Crippen LogP contribution in [-0.2, 0) is 0 Å². The Morgan fingerprint density at radius 2 is 0.530 bits per heavy atom. The number of hydrogen-bond acceptors (Lipinski definition) is 3. The van der Waals surface area contributed by atoms with E-state index in [1.165, 1.54) is 168 Å². The van der Waals surface area contributed by atoms with Gasteiger partial charge in [-0.25, -0.2) is 0 Å². The van der Waals surface area contributed by atoms with Crippen LogP contribution in [0, 0.1) is 3.57 Å². The van der Waals surface area contributed by atoms with Crippen LogP contribution in [0.5, 0.6) is 0 Å². The molecule has 0 unspecified atom stereocenters. The number of nitrogens with one attached hydrogen (secondary N) is 1. The van der Waals surface area contributed by atoms with Crippen LogP contribution < -0.4 is 16.0 Å². The van der Waals surface area contributed by atoms with Gasteiger partial charge in [0.1, 0.15) is 0 Å². The van der Waals surface area contributed by atoms with E-state index in [-0.39, 0.29) is 7.43 Å². The quantitative estimate of drug-likeness (QED) is 0.0842. The van der Waals surface area contributed by atoms with Crippen LogP contribution in [0.3, 0.4) is 0 Å². The smallest absolute Gasteiger partial charge is 0.0540 e. The van der Waals surface area contributed by atoms with Gasteiger partial charge in [0, 0.05) is 47.8 Å². The first-order valence-corrected chi connectivity index (χ1v) is 45.7. The fourth-order valence-electron chi connectivity index (χ4n) is 17.6. The molecule has 0 amide bonds. The third kappa shape index (κ3) is 20.0. The number of halogens is 2. The summed E-state index contributed by atoms with van der Waals surface area (Å²) in [5.74, 6) is 0. The summed E-state index contributed by atoms with van der Waals surface area (Å²) in [6.45, 7) is 0. The highest BCUT2D eigenvalue weighted by Gasteiger charge is 2.20. The van der Waals surface area contributed by atoms with Crippen LogP contribution in [0.2, 0.25) is 5.02 Å². The van der Waals surface area contributed by atoms with E-state index in [9.17, 15) is 0 Å². The molecule has 0 heterocycles. The number of hydrogen-bond donors (Lipinski definition) is 2. The normalized spacial score (nSPS) is 10.8. The van der Waals surface area contributed by atoms with E-state index in [1.807, 2.05) is 36.4 Å². The van der Waals surface area contributed by atoms with Crippen LogP contribution in [0.1, 0.15) is 7.43 Å². The average molecular weight is 1830 g/mol. The minimum Gasteiger partial charge on any atom is -0.399 e. The van der Waals surface area contributed by atoms with E-state index in [2.05, 4.69) is 530 Å². The number of nitrogen functional groups attached to an aromatic ring is 1. The van der Waals surface area contributed by atoms with Gasteiger partial charge in [-0.05, 0) is 268 Å². The molecule has 0 aliphatic heterocycles. The zero-order chi connectivity index (χ0) is 88.4. The summed E-state index contributed by atoms with van der Waals surface area (Å²) in [4.78, 5) is 2.40. The summed E-state index contributed by atoms with van der Waals surface area (Å²) in [5, 5.41) is 19.5. The molecule has 3 N–H and O–H groups in total. The highest BCUT2D eigenvalue weighted by atomic mass is 127. The minimum atomic E-state index is 0. The molecule has 0 bridgehead atoms. The van der Waals surface area contributed by atoms with Gasteiger partial charge in [0.2, 0.25) is 0 Å². The molecule has 0 atom stereocenters. The Morgan fingerprint density at radius 1 is 0.205 bits per heavy atom. The van der Waals surface area contributed by atoms with Crippen molar-refractivity contribution in [1.82, 2.24) is 0 Å². The molecule has 0 radical (unpaired) electrons. The largest absolute Gasteiger partial charge is 0.399 e.